The van der Waals surface area contributed by atoms with E-state index in [1.807, 2.05) is 0 Å². The van der Waals surface area contributed by atoms with Crippen molar-refractivity contribution in [1.82, 2.24) is 9.97 Å². The molecule has 2 heterocycles. The minimum atomic E-state index is -0.521. The van der Waals surface area contributed by atoms with Gasteiger partial charge in [-0.2, -0.15) is 5.26 Å². The van der Waals surface area contributed by atoms with Crippen LogP contribution in [0, 0.1) is 11.3 Å². The first kappa shape index (κ1) is 17.8. The zero-order valence-electron chi connectivity index (χ0n) is 13.5. The largest absolute Gasteiger partial charge is 0.463 e. The minimum Gasteiger partial charge on any atom is -0.463 e. The Labute approximate surface area is 144 Å². The van der Waals surface area contributed by atoms with Crippen LogP contribution in [0.3, 0.4) is 0 Å². The van der Waals surface area contributed by atoms with E-state index in [4.69, 9.17) is 10.2 Å². The van der Waals surface area contributed by atoms with Gasteiger partial charge in [0.25, 0.3) is 0 Å². The van der Waals surface area contributed by atoms with Crippen molar-refractivity contribution in [3.63, 3.8) is 0 Å². The number of nitrogens with zero attached hydrogens (tertiary/aromatic N) is 3. The average molecular weight is 346 g/mol. The number of aromatic nitrogens is 2. The molecular weight excluding hydrogens is 328 g/mol. The van der Waals surface area contributed by atoms with E-state index in [2.05, 4.69) is 27.7 Å². The summed E-state index contributed by atoms with van der Waals surface area (Å²) in [6.45, 7) is 2.07. The summed E-state index contributed by atoms with van der Waals surface area (Å²) in [4.78, 5) is 20.0. The molecule has 0 saturated heterocycles. The number of carbonyl (C=O) groups is 1. The fourth-order valence-electron chi connectivity index (χ4n) is 2.02. The lowest BCUT2D eigenvalue weighted by molar-refractivity contribution is 0.0563. The molecule has 0 spiro atoms. The summed E-state index contributed by atoms with van der Waals surface area (Å²) in [6.07, 6.45) is 2.61. The SMILES string of the molecule is CCCCc1nc(SCc2ccc(C(=O)OC)o2)nc(N)c1C#N. The number of thioether (sulfide) groups is 1. The number of hydrogen-bond acceptors (Lipinski definition) is 8. The maximum Gasteiger partial charge on any atom is 0.373 e. The summed E-state index contributed by atoms with van der Waals surface area (Å²) in [7, 11) is 1.30. The Bertz CT molecular complexity index is 767. The van der Waals surface area contributed by atoms with Gasteiger partial charge in [-0.15, -0.1) is 0 Å². The summed E-state index contributed by atoms with van der Waals surface area (Å²) in [5.74, 6) is 0.858. The van der Waals surface area contributed by atoms with Crippen LogP contribution in [0.2, 0.25) is 0 Å². The molecule has 2 aromatic rings. The van der Waals surface area contributed by atoms with E-state index in [0.29, 0.717) is 34.3 Å². The number of hydrogen-bond donors (Lipinski definition) is 1. The number of nitriles is 1. The summed E-state index contributed by atoms with van der Waals surface area (Å²) in [5.41, 5.74) is 6.88. The van der Waals surface area contributed by atoms with Crippen molar-refractivity contribution in [2.24, 2.45) is 0 Å². The van der Waals surface area contributed by atoms with Crippen LogP contribution < -0.4 is 5.73 Å². The number of aryl methyl sites for hydroxylation is 1. The number of esters is 1. The number of unbranched alkanes of at least 4 members (excludes halogenated alkanes) is 1. The molecule has 8 heteroatoms. The van der Waals surface area contributed by atoms with Gasteiger partial charge >= 0.3 is 5.97 Å². The molecule has 24 heavy (non-hydrogen) atoms. The lowest BCUT2D eigenvalue weighted by Gasteiger charge is -2.07. The molecule has 0 atom stereocenters. The van der Waals surface area contributed by atoms with Crippen LogP contribution in [-0.4, -0.2) is 23.0 Å². The van der Waals surface area contributed by atoms with Crippen LogP contribution >= 0.6 is 11.8 Å². The second-order valence-electron chi connectivity index (χ2n) is 4.97. The van der Waals surface area contributed by atoms with E-state index in [9.17, 15) is 10.1 Å². The van der Waals surface area contributed by atoms with Crippen molar-refractivity contribution >= 4 is 23.5 Å². The van der Waals surface area contributed by atoms with Crippen molar-refractivity contribution in [1.29, 1.82) is 5.26 Å². The molecule has 2 aromatic heterocycles. The van der Waals surface area contributed by atoms with E-state index in [1.165, 1.54) is 18.9 Å². The van der Waals surface area contributed by atoms with Gasteiger partial charge in [0.15, 0.2) is 5.16 Å². The number of nitrogen functional groups attached to an aromatic ring is 1. The fourth-order valence-corrected chi connectivity index (χ4v) is 2.78. The first-order valence-corrected chi connectivity index (χ1v) is 8.43. The Morgan fingerprint density at radius 1 is 1.46 bits per heavy atom. The van der Waals surface area contributed by atoms with Gasteiger partial charge in [-0.05, 0) is 25.0 Å². The molecule has 126 valence electrons. The molecule has 2 N–H and O–H groups in total. The van der Waals surface area contributed by atoms with E-state index < -0.39 is 5.97 Å². The van der Waals surface area contributed by atoms with Crippen molar-refractivity contribution in [3.05, 3.63) is 34.9 Å². The molecule has 0 aromatic carbocycles. The van der Waals surface area contributed by atoms with Gasteiger partial charge in [-0.1, -0.05) is 25.1 Å². The summed E-state index contributed by atoms with van der Waals surface area (Å²) < 4.78 is 9.99. The fraction of sp³-hybridized carbons (Fsp3) is 0.375. The normalized spacial score (nSPS) is 10.4. The molecule has 0 aliphatic rings. The lowest BCUT2D eigenvalue weighted by atomic mass is 10.1. The molecule has 0 radical (unpaired) electrons. The molecule has 0 unspecified atom stereocenters. The first-order chi connectivity index (χ1) is 11.6. The number of rotatable bonds is 7. The quantitative estimate of drug-likeness (QED) is 0.462. The van der Waals surface area contributed by atoms with Crippen LogP contribution in [0.25, 0.3) is 0 Å². The van der Waals surface area contributed by atoms with Gasteiger partial charge in [0.1, 0.15) is 23.2 Å². The van der Waals surface area contributed by atoms with Crippen LogP contribution in [0.1, 0.15) is 47.3 Å². The van der Waals surface area contributed by atoms with E-state index in [1.54, 1.807) is 12.1 Å². The second-order valence-corrected chi connectivity index (χ2v) is 5.92. The predicted molar refractivity (Wildman–Crippen MR) is 89.4 cm³/mol. The van der Waals surface area contributed by atoms with Crippen molar-refractivity contribution in [2.75, 3.05) is 12.8 Å². The first-order valence-electron chi connectivity index (χ1n) is 7.45. The molecule has 7 nitrogen and oxygen atoms in total. The molecule has 2 rings (SSSR count). The summed E-state index contributed by atoms with van der Waals surface area (Å²) in [5, 5.41) is 9.68. The number of ether oxygens (including phenoxy) is 1. The molecule has 0 amide bonds. The van der Waals surface area contributed by atoms with Gasteiger partial charge in [0.05, 0.1) is 18.6 Å². The third-order valence-corrected chi connectivity index (χ3v) is 4.13. The predicted octanol–water partition coefficient (Wildman–Crippen LogP) is 2.94. The zero-order chi connectivity index (χ0) is 17.5. The Hall–Kier alpha value is -2.53. The van der Waals surface area contributed by atoms with Crippen LogP contribution in [0.4, 0.5) is 5.82 Å². The topological polar surface area (TPSA) is 115 Å². The maximum atomic E-state index is 11.4. The number of furan rings is 1. The maximum absolute atomic E-state index is 11.4. The van der Waals surface area contributed by atoms with Gasteiger partial charge in [-0.3, -0.25) is 0 Å². The monoisotopic (exact) mass is 346 g/mol. The van der Waals surface area contributed by atoms with Crippen LogP contribution in [-0.2, 0) is 16.9 Å². The summed E-state index contributed by atoms with van der Waals surface area (Å²) in [6, 6.07) is 5.32. The van der Waals surface area contributed by atoms with Crippen LogP contribution in [0.15, 0.2) is 21.7 Å². The zero-order valence-corrected chi connectivity index (χ0v) is 14.4. The number of methoxy groups -OCH3 is 1. The Morgan fingerprint density at radius 2 is 2.25 bits per heavy atom. The van der Waals surface area contributed by atoms with E-state index in [-0.39, 0.29) is 11.6 Å². The minimum absolute atomic E-state index is 0.150. The Kier molecular flexibility index (Phi) is 6.21. The lowest BCUT2D eigenvalue weighted by Crippen LogP contribution is -2.05. The Morgan fingerprint density at radius 3 is 2.92 bits per heavy atom. The summed E-state index contributed by atoms with van der Waals surface area (Å²) >= 11 is 1.33. The second kappa shape index (κ2) is 8.36. The third-order valence-electron chi connectivity index (χ3n) is 3.26. The number of carbonyl (C=O) groups excluding carboxylic acids is 1. The third kappa shape index (κ3) is 4.26. The molecule has 0 bridgehead atoms. The molecule has 0 fully saturated rings. The standard InChI is InChI=1S/C16H18N4O3S/c1-3-4-5-12-11(8-17)14(18)20-16(19-12)24-9-10-6-7-13(23-10)15(21)22-2/h6-7H,3-5,9H2,1-2H3,(H2,18,19,20). The molecule has 0 aliphatic heterocycles. The van der Waals surface area contributed by atoms with Gasteiger partial charge in [0.2, 0.25) is 5.76 Å². The highest BCUT2D eigenvalue weighted by Gasteiger charge is 2.14. The van der Waals surface area contributed by atoms with Crippen LogP contribution in [0.5, 0.6) is 0 Å². The van der Waals surface area contributed by atoms with Crippen molar-refractivity contribution < 1.29 is 13.9 Å². The van der Waals surface area contributed by atoms with Gasteiger partial charge in [0, 0.05) is 0 Å². The highest BCUT2D eigenvalue weighted by molar-refractivity contribution is 7.98. The molecule has 0 aliphatic carbocycles. The highest BCUT2D eigenvalue weighted by Crippen LogP contribution is 2.24. The van der Waals surface area contributed by atoms with E-state index >= 15 is 0 Å². The highest BCUT2D eigenvalue weighted by atomic mass is 32.2. The number of nitrogens with two attached hydrogens (primary N) is 1. The molecular formula is C16H18N4O3S. The van der Waals surface area contributed by atoms with Crippen molar-refractivity contribution in [3.8, 4) is 6.07 Å². The number of anilines is 1. The van der Waals surface area contributed by atoms with Gasteiger partial charge < -0.3 is 14.9 Å². The average Bonchev–Trinajstić information content (AvgIpc) is 3.06. The molecule has 0 saturated carbocycles. The van der Waals surface area contributed by atoms with E-state index in [0.717, 1.165) is 12.8 Å². The smallest absolute Gasteiger partial charge is 0.373 e. The van der Waals surface area contributed by atoms with Crippen molar-refractivity contribution in [2.45, 2.75) is 37.1 Å². The Balaban J connectivity index is 2.12. The van der Waals surface area contributed by atoms with Gasteiger partial charge in [-0.25, -0.2) is 14.8 Å².